The van der Waals surface area contributed by atoms with Crippen LogP contribution in [0.1, 0.15) is 33.6 Å². The first-order chi connectivity index (χ1) is 6.31. The van der Waals surface area contributed by atoms with Crippen LogP contribution < -0.4 is 0 Å². The van der Waals surface area contributed by atoms with Crippen molar-refractivity contribution in [3.05, 3.63) is 0 Å². The number of piperidine rings is 1. The van der Waals surface area contributed by atoms with Gasteiger partial charge in [-0.1, -0.05) is 20.8 Å². The van der Waals surface area contributed by atoms with E-state index in [9.17, 15) is 0 Å². The Morgan fingerprint density at radius 3 is 2.46 bits per heavy atom. The summed E-state index contributed by atoms with van der Waals surface area (Å²) < 4.78 is 0. The minimum absolute atomic E-state index is 0.352. The maximum Gasteiger partial charge on any atom is 0.00490 e. The van der Waals surface area contributed by atoms with Gasteiger partial charge in [-0.05, 0) is 43.9 Å². The molecule has 0 amide bonds. The molecule has 0 spiro atoms. The van der Waals surface area contributed by atoms with Gasteiger partial charge in [-0.3, -0.25) is 0 Å². The van der Waals surface area contributed by atoms with Crippen LogP contribution in [0.4, 0.5) is 0 Å². The van der Waals surface area contributed by atoms with E-state index in [-0.39, 0.29) is 0 Å². The zero-order valence-electron chi connectivity index (χ0n) is 9.42. The fourth-order valence-corrected chi connectivity index (χ4v) is 4.85. The van der Waals surface area contributed by atoms with E-state index < -0.39 is 0 Å². The first-order valence-electron chi connectivity index (χ1n) is 5.78. The minimum Gasteiger partial charge on any atom is -0.303 e. The fourth-order valence-electron chi connectivity index (χ4n) is 2.36. The molecule has 78 valence electrons. The van der Waals surface area contributed by atoms with Crippen LogP contribution in [0.2, 0.25) is 0 Å². The summed E-state index contributed by atoms with van der Waals surface area (Å²) in [6, 6.07) is 0. The highest BCUT2D eigenvalue weighted by molar-refractivity contribution is 7.58. The van der Waals surface area contributed by atoms with Gasteiger partial charge in [0.2, 0.25) is 0 Å². The van der Waals surface area contributed by atoms with Crippen molar-refractivity contribution in [3.8, 4) is 0 Å². The number of nitrogens with zero attached hydrogens (tertiary/aromatic N) is 1. The largest absolute Gasteiger partial charge is 0.303 e. The van der Waals surface area contributed by atoms with Crippen molar-refractivity contribution in [1.29, 1.82) is 0 Å². The SMILES string of the molecule is CCN1CCCC(P(CC)CC)C1. The Hall–Kier alpha value is 0.390. The molecule has 1 nitrogen and oxygen atoms in total. The highest BCUT2D eigenvalue weighted by Gasteiger charge is 2.23. The van der Waals surface area contributed by atoms with Gasteiger partial charge in [-0.15, -0.1) is 7.92 Å². The van der Waals surface area contributed by atoms with Crippen LogP contribution in [-0.2, 0) is 0 Å². The van der Waals surface area contributed by atoms with Crippen molar-refractivity contribution in [2.24, 2.45) is 0 Å². The first kappa shape index (κ1) is 11.5. The molecule has 0 aromatic rings. The van der Waals surface area contributed by atoms with Crippen LogP contribution in [0.15, 0.2) is 0 Å². The molecular weight excluding hydrogens is 177 g/mol. The van der Waals surface area contributed by atoms with Crippen molar-refractivity contribution >= 4 is 7.92 Å². The molecule has 13 heavy (non-hydrogen) atoms. The van der Waals surface area contributed by atoms with Crippen molar-refractivity contribution in [2.75, 3.05) is 32.0 Å². The maximum absolute atomic E-state index is 2.63. The third-order valence-electron chi connectivity index (χ3n) is 3.26. The Morgan fingerprint density at radius 1 is 1.23 bits per heavy atom. The van der Waals surface area contributed by atoms with Crippen LogP contribution in [0.3, 0.4) is 0 Å². The maximum atomic E-state index is 2.63. The van der Waals surface area contributed by atoms with E-state index in [1.165, 1.54) is 44.8 Å². The van der Waals surface area contributed by atoms with Gasteiger partial charge in [0, 0.05) is 6.54 Å². The number of hydrogen-bond donors (Lipinski definition) is 0. The highest BCUT2D eigenvalue weighted by atomic mass is 31.1. The van der Waals surface area contributed by atoms with E-state index in [4.69, 9.17) is 0 Å². The molecule has 1 heterocycles. The second-order valence-electron chi connectivity index (χ2n) is 3.91. The molecular formula is C11H24NP. The summed E-state index contributed by atoms with van der Waals surface area (Å²) in [7, 11) is 0.352. The Balaban J connectivity index is 2.40. The molecule has 1 aliphatic rings. The summed E-state index contributed by atoms with van der Waals surface area (Å²) in [4.78, 5) is 2.63. The molecule has 0 aliphatic carbocycles. The predicted octanol–water partition coefficient (Wildman–Crippen LogP) is 2.99. The lowest BCUT2D eigenvalue weighted by Crippen LogP contribution is -2.37. The van der Waals surface area contributed by atoms with E-state index in [0.717, 1.165) is 5.66 Å². The van der Waals surface area contributed by atoms with Crippen LogP contribution in [-0.4, -0.2) is 42.5 Å². The predicted molar refractivity (Wildman–Crippen MR) is 63.1 cm³/mol. The molecule has 0 radical (unpaired) electrons. The Bertz CT molecular complexity index is 134. The average molecular weight is 201 g/mol. The molecule has 1 saturated heterocycles. The van der Waals surface area contributed by atoms with Gasteiger partial charge in [-0.25, -0.2) is 0 Å². The molecule has 1 unspecified atom stereocenters. The lowest BCUT2D eigenvalue weighted by molar-refractivity contribution is 0.244. The zero-order chi connectivity index (χ0) is 9.68. The van der Waals surface area contributed by atoms with Crippen molar-refractivity contribution in [3.63, 3.8) is 0 Å². The molecule has 0 aromatic carbocycles. The Kier molecular flexibility index (Phi) is 5.28. The van der Waals surface area contributed by atoms with Crippen LogP contribution >= 0.6 is 7.92 Å². The smallest absolute Gasteiger partial charge is 0.00490 e. The van der Waals surface area contributed by atoms with Crippen molar-refractivity contribution in [1.82, 2.24) is 4.90 Å². The van der Waals surface area contributed by atoms with Gasteiger partial charge in [0.1, 0.15) is 0 Å². The molecule has 1 fully saturated rings. The molecule has 1 rings (SSSR count). The molecule has 1 aliphatic heterocycles. The van der Waals surface area contributed by atoms with E-state index in [0.29, 0.717) is 7.92 Å². The van der Waals surface area contributed by atoms with E-state index in [2.05, 4.69) is 25.7 Å². The van der Waals surface area contributed by atoms with E-state index >= 15 is 0 Å². The molecule has 1 atom stereocenters. The van der Waals surface area contributed by atoms with E-state index in [1.54, 1.807) is 0 Å². The Morgan fingerprint density at radius 2 is 1.92 bits per heavy atom. The summed E-state index contributed by atoms with van der Waals surface area (Å²) in [5, 5.41) is 0. The first-order valence-corrected chi connectivity index (χ1v) is 7.56. The van der Waals surface area contributed by atoms with Gasteiger partial charge in [0.05, 0.1) is 0 Å². The summed E-state index contributed by atoms with van der Waals surface area (Å²) in [6.45, 7) is 11.0. The van der Waals surface area contributed by atoms with Crippen molar-refractivity contribution in [2.45, 2.75) is 39.3 Å². The van der Waals surface area contributed by atoms with Crippen molar-refractivity contribution < 1.29 is 0 Å². The number of likely N-dealkylation sites (tertiary alicyclic amines) is 1. The summed E-state index contributed by atoms with van der Waals surface area (Å²) in [5.41, 5.74) is 1.05. The van der Waals surface area contributed by atoms with Gasteiger partial charge < -0.3 is 4.90 Å². The molecule has 0 N–H and O–H groups in total. The summed E-state index contributed by atoms with van der Waals surface area (Å²) >= 11 is 0. The lowest BCUT2D eigenvalue weighted by Gasteiger charge is -2.36. The molecule has 0 saturated carbocycles. The van der Waals surface area contributed by atoms with Gasteiger partial charge in [0.25, 0.3) is 0 Å². The third kappa shape index (κ3) is 3.22. The molecule has 0 aromatic heterocycles. The van der Waals surface area contributed by atoms with Gasteiger partial charge in [0.15, 0.2) is 0 Å². The molecule has 0 bridgehead atoms. The molecule has 2 heteroatoms. The van der Waals surface area contributed by atoms with Gasteiger partial charge in [-0.2, -0.15) is 0 Å². The second kappa shape index (κ2) is 5.98. The number of hydrogen-bond acceptors (Lipinski definition) is 1. The summed E-state index contributed by atoms with van der Waals surface area (Å²) in [6.07, 6.45) is 5.82. The third-order valence-corrected chi connectivity index (χ3v) is 6.34. The summed E-state index contributed by atoms with van der Waals surface area (Å²) in [5.74, 6) is 0. The standard InChI is InChI=1S/C11H24NP/c1-4-12-9-7-8-11(10-12)13(5-2)6-3/h11H,4-10H2,1-3H3. The van der Waals surface area contributed by atoms with Crippen LogP contribution in [0.25, 0.3) is 0 Å². The zero-order valence-corrected chi connectivity index (χ0v) is 10.3. The minimum atomic E-state index is 0.352. The normalized spacial score (nSPS) is 25.4. The van der Waals surface area contributed by atoms with E-state index in [1.807, 2.05) is 0 Å². The fraction of sp³-hybridized carbons (Fsp3) is 1.00. The highest BCUT2D eigenvalue weighted by Crippen LogP contribution is 2.44. The van der Waals surface area contributed by atoms with Crippen LogP contribution in [0.5, 0.6) is 0 Å². The quantitative estimate of drug-likeness (QED) is 0.632. The lowest BCUT2D eigenvalue weighted by atomic mass is 10.1. The average Bonchev–Trinajstić information content (AvgIpc) is 2.20. The Labute approximate surface area is 84.6 Å². The van der Waals surface area contributed by atoms with Gasteiger partial charge >= 0.3 is 0 Å². The second-order valence-corrected chi connectivity index (χ2v) is 7.08. The van der Waals surface area contributed by atoms with Crippen LogP contribution in [0, 0.1) is 0 Å². The monoisotopic (exact) mass is 201 g/mol. The number of rotatable bonds is 4. The topological polar surface area (TPSA) is 3.24 Å².